The second-order valence-corrected chi connectivity index (χ2v) is 4.60. The van der Waals surface area contributed by atoms with Crippen molar-refractivity contribution < 1.29 is 9.90 Å². The normalized spacial score (nSPS) is 27.5. The van der Waals surface area contributed by atoms with Gasteiger partial charge in [-0.2, -0.15) is 0 Å². The third-order valence-corrected chi connectivity index (χ3v) is 4.03. The quantitative estimate of drug-likeness (QED) is 0.686. The standard InChI is InChI=1S/C12H18O2/c1-2-9(11(13)14)10-5-8-12(10)6-3-4-7-12/h2-8H2,1H3,(H,13,14)/b10-9-. The summed E-state index contributed by atoms with van der Waals surface area (Å²) >= 11 is 0. The summed E-state index contributed by atoms with van der Waals surface area (Å²) < 4.78 is 0. The van der Waals surface area contributed by atoms with E-state index in [2.05, 4.69) is 0 Å². The van der Waals surface area contributed by atoms with E-state index in [-0.39, 0.29) is 0 Å². The molecule has 14 heavy (non-hydrogen) atoms. The molecule has 0 aromatic heterocycles. The molecule has 0 atom stereocenters. The molecule has 0 amide bonds. The van der Waals surface area contributed by atoms with E-state index in [4.69, 9.17) is 5.11 Å². The van der Waals surface area contributed by atoms with Gasteiger partial charge in [-0.05, 0) is 37.5 Å². The molecule has 2 fully saturated rings. The molecule has 2 heteroatoms. The summed E-state index contributed by atoms with van der Waals surface area (Å²) in [5.41, 5.74) is 2.33. The van der Waals surface area contributed by atoms with Crippen LogP contribution in [0.5, 0.6) is 0 Å². The van der Waals surface area contributed by atoms with Crippen LogP contribution in [0.3, 0.4) is 0 Å². The number of aliphatic carboxylic acids is 1. The van der Waals surface area contributed by atoms with Crippen molar-refractivity contribution >= 4 is 5.97 Å². The van der Waals surface area contributed by atoms with Gasteiger partial charge in [-0.25, -0.2) is 4.79 Å². The lowest BCUT2D eigenvalue weighted by Crippen LogP contribution is -2.32. The predicted molar refractivity (Wildman–Crippen MR) is 55.1 cm³/mol. The third kappa shape index (κ3) is 1.28. The van der Waals surface area contributed by atoms with Crippen LogP contribution in [0.1, 0.15) is 51.9 Å². The van der Waals surface area contributed by atoms with Crippen molar-refractivity contribution in [1.82, 2.24) is 0 Å². The van der Waals surface area contributed by atoms with Gasteiger partial charge in [0.1, 0.15) is 0 Å². The minimum Gasteiger partial charge on any atom is -0.478 e. The van der Waals surface area contributed by atoms with E-state index < -0.39 is 5.97 Å². The average Bonchev–Trinajstić information content (AvgIpc) is 2.62. The second kappa shape index (κ2) is 3.41. The van der Waals surface area contributed by atoms with Gasteiger partial charge in [-0.3, -0.25) is 0 Å². The highest BCUT2D eigenvalue weighted by atomic mass is 16.4. The lowest BCUT2D eigenvalue weighted by Gasteiger charge is -2.43. The third-order valence-electron chi connectivity index (χ3n) is 4.03. The molecular formula is C12H18O2. The Hall–Kier alpha value is -0.790. The first kappa shape index (κ1) is 9.75. The van der Waals surface area contributed by atoms with E-state index >= 15 is 0 Å². The summed E-state index contributed by atoms with van der Waals surface area (Å²) in [5.74, 6) is -0.687. The fourth-order valence-corrected chi connectivity index (χ4v) is 3.17. The molecule has 2 nitrogen and oxygen atoms in total. The van der Waals surface area contributed by atoms with E-state index in [0.29, 0.717) is 17.4 Å². The summed E-state index contributed by atoms with van der Waals surface area (Å²) in [6.07, 6.45) is 8.01. The van der Waals surface area contributed by atoms with Crippen molar-refractivity contribution in [3.05, 3.63) is 11.1 Å². The zero-order valence-electron chi connectivity index (χ0n) is 8.81. The fraction of sp³-hybridized carbons (Fsp3) is 0.750. The van der Waals surface area contributed by atoms with Crippen molar-refractivity contribution in [2.24, 2.45) is 5.41 Å². The van der Waals surface area contributed by atoms with E-state index in [1.165, 1.54) is 37.7 Å². The molecular weight excluding hydrogens is 176 g/mol. The average molecular weight is 194 g/mol. The fourth-order valence-electron chi connectivity index (χ4n) is 3.17. The van der Waals surface area contributed by atoms with Gasteiger partial charge in [0.2, 0.25) is 0 Å². The molecule has 78 valence electrons. The number of allylic oxidation sites excluding steroid dienone is 1. The zero-order chi connectivity index (χ0) is 10.2. The number of rotatable bonds is 2. The molecule has 2 aliphatic rings. The second-order valence-electron chi connectivity index (χ2n) is 4.60. The monoisotopic (exact) mass is 194 g/mol. The summed E-state index contributed by atoms with van der Waals surface area (Å²) in [7, 11) is 0. The van der Waals surface area contributed by atoms with Crippen molar-refractivity contribution in [1.29, 1.82) is 0 Å². The van der Waals surface area contributed by atoms with Gasteiger partial charge in [0.25, 0.3) is 0 Å². The first-order chi connectivity index (χ1) is 6.69. The number of carboxylic acids is 1. The maximum Gasteiger partial charge on any atom is 0.331 e. The number of carbonyl (C=O) groups is 1. The van der Waals surface area contributed by atoms with Crippen LogP contribution in [0.2, 0.25) is 0 Å². The van der Waals surface area contributed by atoms with Crippen LogP contribution in [0.25, 0.3) is 0 Å². The molecule has 1 N–H and O–H groups in total. The van der Waals surface area contributed by atoms with E-state index in [1.807, 2.05) is 6.92 Å². The van der Waals surface area contributed by atoms with Gasteiger partial charge >= 0.3 is 5.97 Å². The topological polar surface area (TPSA) is 37.3 Å². The van der Waals surface area contributed by atoms with Crippen LogP contribution in [0.15, 0.2) is 11.1 Å². The number of carboxylic acid groups (broad SMARTS) is 1. The molecule has 0 bridgehead atoms. The van der Waals surface area contributed by atoms with Crippen molar-refractivity contribution in [3.63, 3.8) is 0 Å². The summed E-state index contributed by atoms with van der Waals surface area (Å²) in [5, 5.41) is 9.09. The van der Waals surface area contributed by atoms with Crippen LogP contribution < -0.4 is 0 Å². The highest BCUT2D eigenvalue weighted by Crippen LogP contribution is 2.58. The Balaban J connectivity index is 2.28. The lowest BCUT2D eigenvalue weighted by atomic mass is 9.61. The Kier molecular flexibility index (Phi) is 2.38. The molecule has 1 spiro atoms. The molecule has 0 heterocycles. The maximum atomic E-state index is 11.0. The molecule has 2 saturated carbocycles. The number of hydrogen-bond donors (Lipinski definition) is 1. The SMILES string of the molecule is CC/C(C(=O)O)=C1\CCC12CCCC2. The maximum absolute atomic E-state index is 11.0. The molecule has 0 unspecified atom stereocenters. The van der Waals surface area contributed by atoms with Gasteiger partial charge in [0, 0.05) is 5.57 Å². The number of hydrogen-bond acceptors (Lipinski definition) is 1. The highest BCUT2D eigenvalue weighted by molar-refractivity contribution is 5.88. The molecule has 2 rings (SSSR count). The first-order valence-electron chi connectivity index (χ1n) is 5.65. The molecule has 0 aliphatic heterocycles. The first-order valence-corrected chi connectivity index (χ1v) is 5.65. The van der Waals surface area contributed by atoms with Crippen LogP contribution >= 0.6 is 0 Å². The van der Waals surface area contributed by atoms with Gasteiger partial charge in [-0.1, -0.05) is 25.3 Å². The largest absolute Gasteiger partial charge is 0.478 e. The van der Waals surface area contributed by atoms with Crippen molar-refractivity contribution in [2.75, 3.05) is 0 Å². The van der Waals surface area contributed by atoms with E-state index in [9.17, 15) is 4.79 Å². The van der Waals surface area contributed by atoms with Gasteiger partial charge < -0.3 is 5.11 Å². The van der Waals surface area contributed by atoms with E-state index in [0.717, 1.165) is 6.42 Å². The molecule has 0 aromatic rings. The van der Waals surface area contributed by atoms with Gasteiger partial charge in [-0.15, -0.1) is 0 Å². The Morgan fingerprint density at radius 3 is 2.36 bits per heavy atom. The lowest BCUT2D eigenvalue weighted by molar-refractivity contribution is -0.133. The minimum absolute atomic E-state index is 0.337. The predicted octanol–water partition coefficient (Wildman–Crippen LogP) is 3.13. The minimum atomic E-state index is -0.687. The summed E-state index contributed by atoms with van der Waals surface area (Å²) in [6.45, 7) is 1.96. The Bertz CT molecular complexity index is 283. The van der Waals surface area contributed by atoms with Crippen LogP contribution in [0.4, 0.5) is 0 Å². The highest BCUT2D eigenvalue weighted by Gasteiger charge is 2.45. The molecule has 0 radical (unpaired) electrons. The van der Waals surface area contributed by atoms with Crippen molar-refractivity contribution in [2.45, 2.75) is 51.9 Å². The van der Waals surface area contributed by atoms with Crippen LogP contribution in [-0.4, -0.2) is 11.1 Å². The smallest absolute Gasteiger partial charge is 0.331 e. The van der Waals surface area contributed by atoms with Crippen LogP contribution in [-0.2, 0) is 4.79 Å². The van der Waals surface area contributed by atoms with E-state index in [1.54, 1.807) is 0 Å². The molecule has 0 aromatic carbocycles. The van der Waals surface area contributed by atoms with Gasteiger partial charge in [0.15, 0.2) is 0 Å². The van der Waals surface area contributed by atoms with Gasteiger partial charge in [0.05, 0.1) is 0 Å². The molecule has 0 saturated heterocycles. The Labute approximate surface area is 85.0 Å². The summed E-state index contributed by atoms with van der Waals surface area (Å²) in [4.78, 5) is 11.0. The summed E-state index contributed by atoms with van der Waals surface area (Å²) in [6, 6.07) is 0. The van der Waals surface area contributed by atoms with Crippen molar-refractivity contribution in [3.8, 4) is 0 Å². The van der Waals surface area contributed by atoms with Crippen LogP contribution in [0, 0.1) is 5.41 Å². The Morgan fingerprint density at radius 2 is 2.00 bits per heavy atom. The Morgan fingerprint density at radius 1 is 1.36 bits per heavy atom. The molecule has 2 aliphatic carbocycles. The zero-order valence-corrected chi connectivity index (χ0v) is 8.81.